The van der Waals surface area contributed by atoms with Gasteiger partial charge in [-0.15, -0.1) is 0 Å². The molecule has 0 fully saturated rings. The molecule has 1 aromatic carbocycles. The first-order chi connectivity index (χ1) is 8.10. The van der Waals surface area contributed by atoms with Crippen LogP contribution in [0, 0.1) is 0 Å². The lowest BCUT2D eigenvalue weighted by atomic mass is 10.0. The van der Waals surface area contributed by atoms with Crippen molar-refractivity contribution in [1.82, 2.24) is 10.7 Å². The van der Waals surface area contributed by atoms with E-state index in [4.69, 9.17) is 5.84 Å². The number of allylic oxidation sites excluding steroid dienone is 2. The molecule has 0 saturated heterocycles. The van der Waals surface area contributed by atoms with Crippen molar-refractivity contribution in [3.05, 3.63) is 53.9 Å². The monoisotopic (exact) mass is 231 g/mol. The van der Waals surface area contributed by atoms with Crippen LogP contribution in [0.1, 0.15) is 37.9 Å². The minimum Gasteiger partial charge on any atom is -0.385 e. The smallest absolute Gasteiger partial charge is 0.0479 e. The molecular formula is C14H21N3. The van der Waals surface area contributed by atoms with Crippen molar-refractivity contribution in [2.45, 2.75) is 26.8 Å². The summed E-state index contributed by atoms with van der Waals surface area (Å²) in [6, 6.07) is 8.72. The molecule has 3 heteroatoms. The van der Waals surface area contributed by atoms with Crippen LogP contribution in [0.3, 0.4) is 0 Å². The number of nitrogens with two attached hydrogens (primary N) is 1. The molecule has 0 saturated carbocycles. The third kappa shape index (κ3) is 3.36. The maximum Gasteiger partial charge on any atom is 0.0479 e. The van der Waals surface area contributed by atoms with Gasteiger partial charge in [0.05, 0.1) is 0 Å². The summed E-state index contributed by atoms with van der Waals surface area (Å²) in [5.74, 6) is 5.40. The Morgan fingerprint density at radius 2 is 1.88 bits per heavy atom. The topological polar surface area (TPSA) is 50.1 Å². The largest absolute Gasteiger partial charge is 0.385 e. The van der Waals surface area contributed by atoms with Gasteiger partial charge in [-0.05, 0) is 43.7 Å². The Morgan fingerprint density at radius 1 is 1.29 bits per heavy atom. The van der Waals surface area contributed by atoms with Crippen molar-refractivity contribution in [2.75, 3.05) is 0 Å². The lowest BCUT2D eigenvalue weighted by Crippen LogP contribution is -2.20. The van der Waals surface area contributed by atoms with Crippen molar-refractivity contribution in [1.29, 1.82) is 0 Å². The third-order valence-corrected chi connectivity index (χ3v) is 2.99. The molecule has 0 bridgehead atoms. The van der Waals surface area contributed by atoms with Crippen molar-refractivity contribution in [3.63, 3.8) is 0 Å². The van der Waals surface area contributed by atoms with E-state index in [1.807, 2.05) is 6.92 Å². The fourth-order valence-electron chi connectivity index (χ4n) is 1.62. The number of hydrogen-bond donors (Lipinski definition) is 3. The highest BCUT2D eigenvalue weighted by Crippen LogP contribution is 2.19. The molecule has 0 aliphatic heterocycles. The second-order valence-corrected chi connectivity index (χ2v) is 4.11. The number of nitrogens with one attached hydrogen (secondary N) is 2. The molecule has 0 heterocycles. The zero-order valence-electron chi connectivity index (χ0n) is 10.7. The van der Waals surface area contributed by atoms with Crippen molar-refractivity contribution in [3.8, 4) is 0 Å². The van der Waals surface area contributed by atoms with E-state index in [2.05, 4.69) is 55.4 Å². The molecule has 1 aromatic rings. The van der Waals surface area contributed by atoms with Crippen LogP contribution in [0.2, 0.25) is 0 Å². The lowest BCUT2D eigenvalue weighted by molar-refractivity contribution is 0.687. The average molecular weight is 231 g/mol. The van der Waals surface area contributed by atoms with Crippen LogP contribution in [-0.2, 0) is 0 Å². The van der Waals surface area contributed by atoms with Gasteiger partial charge in [0.15, 0.2) is 0 Å². The summed E-state index contributed by atoms with van der Waals surface area (Å²) >= 11 is 0. The predicted molar refractivity (Wildman–Crippen MR) is 73.8 cm³/mol. The Balaban J connectivity index is 2.92. The SMILES string of the molecule is C=CN[C@@H](C)c1ccc(/C(C)=C(\C)NN)cc1. The molecule has 17 heavy (non-hydrogen) atoms. The summed E-state index contributed by atoms with van der Waals surface area (Å²) in [4.78, 5) is 0. The van der Waals surface area contributed by atoms with Crippen LogP contribution in [0.25, 0.3) is 5.57 Å². The summed E-state index contributed by atoms with van der Waals surface area (Å²) in [5, 5.41) is 3.16. The van der Waals surface area contributed by atoms with Gasteiger partial charge in [-0.1, -0.05) is 30.8 Å². The zero-order chi connectivity index (χ0) is 12.8. The molecule has 1 rings (SSSR count). The van der Waals surface area contributed by atoms with E-state index in [0.29, 0.717) is 0 Å². The number of benzene rings is 1. The highest BCUT2D eigenvalue weighted by molar-refractivity contribution is 5.66. The van der Waals surface area contributed by atoms with E-state index < -0.39 is 0 Å². The van der Waals surface area contributed by atoms with Gasteiger partial charge in [-0.3, -0.25) is 5.84 Å². The van der Waals surface area contributed by atoms with E-state index in [-0.39, 0.29) is 6.04 Å². The van der Waals surface area contributed by atoms with Crippen LogP contribution in [-0.4, -0.2) is 0 Å². The van der Waals surface area contributed by atoms with Crippen LogP contribution in [0.15, 0.2) is 42.7 Å². The Kier molecular flexibility index (Phi) is 4.79. The average Bonchev–Trinajstić information content (AvgIpc) is 2.37. The van der Waals surface area contributed by atoms with Crippen molar-refractivity contribution >= 4 is 5.57 Å². The second-order valence-electron chi connectivity index (χ2n) is 4.11. The first kappa shape index (κ1) is 13.3. The number of hydrogen-bond acceptors (Lipinski definition) is 3. The van der Waals surface area contributed by atoms with Gasteiger partial charge in [0.25, 0.3) is 0 Å². The van der Waals surface area contributed by atoms with E-state index in [1.165, 1.54) is 11.1 Å². The van der Waals surface area contributed by atoms with Gasteiger partial charge >= 0.3 is 0 Å². The summed E-state index contributed by atoms with van der Waals surface area (Å²) in [7, 11) is 0. The Morgan fingerprint density at radius 3 is 2.35 bits per heavy atom. The standard InChI is InChI=1S/C14H21N3/c1-5-16-12(4)14-8-6-13(7-9-14)10(2)11(3)17-15/h5-9,12,16-17H,1,15H2,2-4H3/b11-10+/t12-/m0/s1. The van der Waals surface area contributed by atoms with Crippen molar-refractivity contribution in [2.24, 2.45) is 5.84 Å². The zero-order valence-corrected chi connectivity index (χ0v) is 10.7. The molecule has 0 radical (unpaired) electrons. The molecule has 0 amide bonds. The van der Waals surface area contributed by atoms with Gasteiger partial charge in [0, 0.05) is 11.7 Å². The van der Waals surface area contributed by atoms with Crippen LogP contribution < -0.4 is 16.6 Å². The van der Waals surface area contributed by atoms with Gasteiger partial charge in [-0.2, -0.15) is 0 Å². The summed E-state index contributed by atoms with van der Waals surface area (Å²) in [5.41, 5.74) is 7.22. The molecule has 3 nitrogen and oxygen atoms in total. The number of hydrazine groups is 1. The van der Waals surface area contributed by atoms with Crippen LogP contribution in [0.4, 0.5) is 0 Å². The van der Waals surface area contributed by atoms with E-state index in [9.17, 15) is 0 Å². The Labute approximate surface area is 103 Å². The highest BCUT2D eigenvalue weighted by atomic mass is 15.2. The van der Waals surface area contributed by atoms with E-state index in [0.717, 1.165) is 11.3 Å². The maximum atomic E-state index is 5.40. The second kappa shape index (κ2) is 6.11. The summed E-state index contributed by atoms with van der Waals surface area (Å²) in [6.45, 7) is 9.78. The summed E-state index contributed by atoms with van der Waals surface area (Å²) < 4.78 is 0. The van der Waals surface area contributed by atoms with Crippen molar-refractivity contribution < 1.29 is 0 Å². The fourth-order valence-corrected chi connectivity index (χ4v) is 1.62. The molecule has 4 N–H and O–H groups in total. The molecule has 0 aliphatic rings. The fraction of sp³-hybridized carbons (Fsp3) is 0.286. The molecule has 0 aromatic heterocycles. The molecule has 92 valence electrons. The van der Waals surface area contributed by atoms with Crippen LogP contribution >= 0.6 is 0 Å². The van der Waals surface area contributed by atoms with E-state index in [1.54, 1.807) is 6.20 Å². The quantitative estimate of drug-likeness (QED) is 0.539. The molecule has 0 unspecified atom stereocenters. The van der Waals surface area contributed by atoms with Gasteiger partial charge in [-0.25, -0.2) is 0 Å². The van der Waals surface area contributed by atoms with E-state index >= 15 is 0 Å². The highest BCUT2D eigenvalue weighted by Gasteiger charge is 2.04. The first-order valence-electron chi connectivity index (χ1n) is 5.71. The lowest BCUT2D eigenvalue weighted by Gasteiger charge is -2.13. The third-order valence-electron chi connectivity index (χ3n) is 2.99. The molecule has 0 aliphatic carbocycles. The predicted octanol–water partition coefficient (Wildman–Crippen LogP) is 2.69. The Hall–Kier alpha value is -1.74. The van der Waals surface area contributed by atoms with Crippen LogP contribution in [0.5, 0.6) is 0 Å². The molecule has 0 spiro atoms. The summed E-state index contributed by atoms with van der Waals surface area (Å²) in [6.07, 6.45) is 1.71. The van der Waals surface area contributed by atoms with Gasteiger partial charge in [0.1, 0.15) is 0 Å². The minimum atomic E-state index is 0.277. The number of rotatable bonds is 5. The van der Waals surface area contributed by atoms with Gasteiger partial charge in [0.2, 0.25) is 0 Å². The molecular weight excluding hydrogens is 210 g/mol. The van der Waals surface area contributed by atoms with Gasteiger partial charge < -0.3 is 10.7 Å². The molecule has 1 atom stereocenters. The Bertz CT molecular complexity index is 404. The maximum absolute atomic E-state index is 5.40. The normalized spacial score (nSPS) is 13.6. The first-order valence-corrected chi connectivity index (χ1v) is 5.71. The minimum absolute atomic E-state index is 0.277.